The Morgan fingerprint density at radius 2 is 2.28 bits per heavy atom. The van der Waals surface area contributed by atoms with Gasteiger partial charge in [-0.2, -0.15) is 0 Å². The first-order chi connectivity index (χ1) is 8.67. The van der Waals surface area contributed by atoms with Crippen molar-refractivity contribution in [3.05, 3.63) is 23.0 Å². The molecule has 0 amide bonds. The molecule has 2 rings (SSSR count). The van der Waals surface area contributed by atoms with Crippen molar-refractivity contribution < 1.29 is 9.47 Å². The predicted molar refractivity (Wildman–Crippen MR) is 71.7 cm³/mol. The molecule has 4 nitrogen and oxygen atoms in total. The summed E-state index contributed by atoms with van der Waals surface area (Å²) < 4.78 is 13.0. The van der Waals surface area contributed by atoms with Crippen molar-refractivity contribution >= 4 is 0 Å². The lowest BCUT2D eigenvalue weighted by Crippen LogP contribution is -2.26. The predicted octanol–water partition coefficient (Wildman–Crippen LogP) is 1.79. The highest BCUT2D eigenvalue weighted by Crippen LogP contribution is 2.30. The van der Waals surface area contributed by atoms with Crippen molar-refractivity contribution in [3.8, 4) is 0 Å². The molecule has 0 aromatic carbocycles. The Kier molecular flexibility index (Phi) is 4.43. The molecular formula is C14H24N2O2. The highest BCUT2D eigenvalue weighted by atomic mass is 16.5. The number of fused-ring (bicyclic) bond motifs is 1. The van der Waals surface area contributed by atoms with Crippen LogP contribution in [0.3, 0.4) is 0 Å². The molecular weight excluding hydrogens is 228 g/mol. The fourth-order valence-electron chi connectivity index (χ4n) is 2.84. The van der Waals surface area contributed by atoms with E-state index in [2.05, 4.69) is 17.6 Å². The molecule has 1 heterocycles. The summed E-state index contributed by atoms with van der Waals surface area (Å²) in [5.74, 6) is 0. The van der Waals surface area contributed by atoms with Crippen LogP contribution in [-0.2, 0) is 22.4 Å². The van der Waals surface area contributed by atoms with Crippen molar-refractivity contribution in [2.24, 2.45) is 5.73 Å². The minimum absolute atomic E-state index is 0.100. The lowest BCUT2D eigenvalue weighted by Gasteiger charge is -2.23. The van der Waals surface area contributed by atoms with E-state index >= 15 is 0 Å². The minimum Gasteiger partial charge on any atom is -0.382 e. The second kappa shape index (κ2) is 5.87. The van der Waals surface area contributed by atoms with Crippen molar-refractivity contribution in [1.29, 1.82) is 0 Å². The van der Waals surface area contributed by atoms with E-state index < -0.39 is 0 Å². The lowest BCUT2D eigenvalue weighted by molar-refractivity contribution is 0.0176. The maximum atomic E-state index is 6.18. The number of aryl methyl sites for hydroxylation is 1. The van der Waals surface area contributed by atoms with Crippen LogP contribution in [0.4, 0.5) is 0 Å². The fourth-order valence-corrected chi connectivity index (χ4v) is 2.84. The number of nitrogens with zero attached hydrogens (tertiary/aromatic N) is 1. The van der Waals surface area contributed by atoms with Crippen LogP contribution in [0.1, 0.15) is 35.8 Å². The zero-order valence-electron chi connectivity index (χ0n) is 11.6. The van der Waals surface area contributed by atoms with Crippen molar-refractivity contribution in [2.75, 3.05) is 20.8 Å². The van der Waals surface area contributed by atoms with Crippen LogP contribution in [-0.4, -0.2) is 31.5 Å². The van der Waals surface area contributed by atoms with E-state index in [1.165, 1.54) is 23.4 Å². The van der Waals surface area contributed by atoms with E-state index in [9.17, 15) is 0 Å². The van der Waals surface area contributed by atoms with Crippen LogP contribution in [0.2, 0.25) is 0 Å². The van der Waals surface area contributed by atoms with Gasteiger partial charge < -0.3 is 19.8 Å². The van der Waals surface area contributed by atoms with E-state index in [0.29, 0.717) is 6.61 Å². The molecule has 1 aliphatic carbocycles. The highest BCUT2D eigenvalue weighted by Gasteiger charge is 2.23. The summed E-state index contributed by atoms with van der Waals surface area (Å²) in [6.07, 6.45) is 3.51. The summed E-state index contributed by atoms with van der Waals surface area (Å²) in [6, 6.07) is 2.44. The summed E-state index contributed by atoms with van der Waals surface area (Å²) in [7, 11) is 3.45. The van der Waals surface area contributed by atoms with Crippen LogP contribution < -0.4 is 5.73 Å². The molecule has 0 bridgehead atoms. The van der Waals surface area contributed by atoms with Crippen LogP contribution in [0, 0.1) is 6.92 Å². The standard InChI is InChI=1S/C14H24N2O2/c1-10-7-12-13(15)5-4-6-14(12)16(10)8-11(18-3)9-17-2/h7,11,13H,4-6,8-9,15H2,1-3H3. The Labute approximate surface area is 109 Å². The number of aromatic nitrogens is 1. The summed E-state index contributed by atoms with van der Waals surface area (Å²) in [5, 5.41) is 0. The molecule has 0 saturated carbocycles. The second-order valence-corrected chi connectivity index (χ2v) is 5.11. The average Bonchev–Trinajstić information content (AvgIpc) is 2.67. The van der Waals surface area contributed by atoms with Crippen LogP contribution in [0.5, 0.6) is 0 Å². The maximum absolute atomic E-state index is 6.18. The highest BCUT2D eigenvalue weighted by molar-refractivity contribution is 5.32. The Bertz CT molecular complexity index is 401. The number of rotatable bonds is 5. The third-order valence-corrected chi connectivity index (χ3v) is 3.85. The van der Waals surface area contributed by atoms with Gasteiger partial charge in [0.2, 0.25) is 0 Å². The molecule has 4 heteroatoms. The molecule has 0 saturated heterocycles. The molecule has 2 atom stereocenters. The van der Waals surface area contributed by atoms with E-state index in [-0.39, 0.29) is 12.1 Å². The number of hydrogen-bond acceptors (Lipinski definition) is 3. The molecule has 1 aliphatic rings. The van der Waals surface area contributed by atoms with E-state index in [1.54, 1.807) is 14.2 Å². The zero-order valence-corrected chi connectivity index (χ0v) is 11.6. The molecule has 0 fully saturated rings. The first kappa shape index (κ1) is 13.6. The number of ether oxygens (including phenoxy) is 2. The second-order valence-electron chi connectivity index (χ2n) is 5.11. The first-order valence-corrected chi connectivity index (χ1v) is 6.63. The Morgan fingerprint density at radius 1 is 1.50 bits per heavy atom. The summed E-state index contributed by atoms with van der Waals surface area (Å²) in [4.78, 5) is 0. The van der Waals surface area contributed by atoms with E-state index in [1.807, 2.05) is 0 Å². The van der Waals surface area contributed by atoms with Crippen molar-refractivity contribution in [3.63, 3.8) is 0 Å². The molecule has 0 spiro atoms. The van der Waals surface area contributed by atoms with Gasteiger partial charge in [-0.3, -0.25) is 0 Å². The molecule has 2 unspecified atom stereocenters. The maximum Gasteiger partial charge on any atom is 0.0982 e. The van der Waals surface area contributed by atoms with E-state index in [4.69, 9.17) is 15.2 Å². The molecule has 2 N–H and O–H groups in total. The van der Waals surface area contributed by atoms with Crippen LogP contribution in [0.25, 0.3) is 0 Å². The van der Waals surface area contributed by atoms with Crippen LogP contribution >= 0.6 is 0 Å². The molecule has 0 aliphatic heterocycles. The zero-order chi connectivity index (χ0) is 13.1. The molecule has 1 aromatic rings. The average molecular weight is 252 g/mol. The van der Waals surface area contributed by atoms with Gasteiger partial charge in [-0.1, -0.05) is 0 Å². The Morgan fingerprint density at radius 3 is 2.94 bits per heavy atom. The third-order valence-electron chi connectivity index (χ3n) is 3.85. The van der Waals surface area contributed by atoms with Crippen molar-refractivity contribution in [2.45, 2.75) is 44.9 Å². The quantitative estimate of drug-likeness (QED) is 0.869. The number of hydrogen-bond donors (Lipinski definition) is 1. The number of methoxy groups -OCH3 is 2. The van der Waals surface area contributed by atoms with Crippen LogP contribution in [0.15, 0.2) is 6.07 Å². The first-order valence-electron chi connectivity index (χ1n) is 6.63. The SMILES string of the molecule is COCC(Cn1c(C)cc2c1CCCC2N)OC. The summed E-state index contributed by atoms with van der Waals surface area (Å²) in [6.45, 7) is 3.61. The van der Waals surface area contributed by atoms with Gasteiger partial charge >= 0.3 is 0 Å². The summed E-state index contributed by atoms with van der Waals surface area (Å²) >= 11 is 0. The Balaban J connectivity index is 2.22. The number of nitrogens with two attached hydrogens (primary N) is 1. The molecule has 1 aromatic heterocycles. The Hall–Kier alpha value is -0.840. The van der Waals surface area contributed by atoms with Gasteiger partial charge in [-0.25, -0.2) is 0 Å². The normalized spacial score (nSPS) is 20.8. The lowest BCUT2D eigenvalue weighted by atomic mass is 9.93. The fraction of sp³-hybridized carbons (Fsp3) is 0.714. The van der Waals surface area contributed by atoms with Gasteiger partial charge in [0.15, 0.2) is 0 Å². The third kappa shape index (κ3) is 2.60. The van der Waals surface area contributed by atoms with Gasteiger partial charge in [0, 0.05) is 31.6 Å². The molecule has 0 radical (unpaired) electrons. The molecule has 102 valence electrons. The molecule has 18 heavy (non-hydrogen) atoms. The van der Waals surface area contributed by atoms with Gasteiger partial charge in [0.25, 0.3) is 0 Å². The summed E-state index contributed by atoms with van der Waals surface area (Å²) in [5.41, 5.74) is 10.2. The van der Waals surface area contributed by atoms with Gasteiger partial charge in [-0.05, 0) is 37.8 Å². The topological polar surface area (TPSA) is 49.4 Å². The smallest absolute Gasteiger partial charge is 0.0982 e. The van der Waals surface area contributed by atoms with Gasteiger partial charge in [0.05, 0.1) is 19.3 Å². The minimum atomic E-state index is 0.100. The van der Waals surface area contributed by atoms with Gasteiger partial charge in [0.1, 0.15) is 0 Å². The van der Waals surface area contributed by atoms with Crippen molar-refractivity contribution in [1.82, 2.24) is 4.57 Å². The van der Waals surface area contributed by atoms with Gasteiger partial charge in [-0.15, -0.1) is 0 Å². The largest absolute Gasteiger partial charge is 0.382 e. The monoisotopic (exact) mass is 252 g/mol. The van der Waals surface area contributed by atoms with E-state index in [0.717, 1.165) is 19.4 Å².